The maximum atomic E-state index is 13.2. The summed E-state index contributed by atoms with van der Waals surface area (Å²) in [4.78, 5) is 39.4. The molecule has 5 aromatic rings. The van der Waals surface area contributed by atoms with E-state index >= 15 is 0 Å². The largest absolute Gasteiger partial charge is 0.416 e. The fourth-order valence-electron chi connectivity index (χ4n) is 4.96. The molecule has 3 N–H and O–H groups in total. The first-order valence-corrected chi connectivity index (χ1v) is 15.0. The predicted octanol–water partition coefficient (Wildman–Crippen LogP) is 7.10. The molecule has 0 saturated heterocycles. The number of fused-ring (bicyclic) bond motifs is 1. The monoisotopic (exact) mass is 626 g/mol. The molecular weight excluding hydrogens is 593 g/mol. The van der Waals surface area contributed by atoms with Crippen molar-refractivity contribution in [3.05, 3.63) is 120 Å². The van der Waals surface area contributed by atoms with Crippen LogP contribution in [0, 0.1) is 0 Å². The van der Waals surface area contributed by atoms with Crippen LogP contribution in [-0.2, 0) is 17.5 Å². The zero-order chi connectivity index (χ0) is 32.5. The molecule has 0 aliphatic carbocycles. The number of carbonyl (C=O) groups is 2. The summed E-state index contributed by atoms with van der Waals surface area (Å²) in [5.74, 6) is -0.322. The Bertz CT molecular complexity index is 1800. The van der Waals surface area contributed by atoms with Crippen molar-refractivity contribution in [2.45, 2.75) is 44.9 Å². The van der Waals surface area contributed by atoms with Crippen LogP contribution < -0.4 is 16.0 Å². The SMILES string of the molecule is CCCCCNC(=O)[C@@H](NCc1ccc2nc(NC(=O)c3cccnc3-c3ccc(C(F)(F)F)cc3)ccc2c1)c1ccccn1. The zero-order valence-corrected chi connectivity index (χ0v) is 25.1. The Morgan fingerprint density at radius 2 is 1.67 bits per heavy atom. The van der Waals surface area contributed by atoms with Gasteiger partial charge in [0.25, 0.3) is 5.91 Å². The Morgan fingerprint density at radius 3 is 2.41 bits per heavy atom. The predicted molar refractivity (Wildman–Crippen MR) is 171 cm³/mol. The van der Waals surface area contributed by atoms with E-state index in [1.165, 1.54) is 18.3 Å². The summed E-state index contributed by atoms with van der Waals surface area (Å²) in [6.07, 6.45) is 1.71. The minimum atomic E-state index is -4.46. The maximum absolute atomic E-state index is 13.2. The lowest BCUT2D eigenvalue weighted by atomic mass is 10.0. The smallest absolute Gasteiger partial charge is 0.354 e. The Morgan fingerprint density at radius 1 is 0.870 bits per heavy atom. The van der Waals surface area contributed by atoms with Crippen LogP contribution in [0.3, 0.4) is 0 Å². The fourth-order valence-corrected chi connectivity index (χ4v) is 4.96. The molecule has 3 aromatic heterocycles. The van der Waals surface area contributed by atoms with E-state index in [1.807, 2.05) is 42.5 Å². The number of nitrogens with zero attached hydrogens (tertiary/aromatic N) is 3. The van der Waals surface area contributed by atoms with E-state index in [0.29, 0.717) is 35.7 Å². The van der Waals surface area contributed by atoms with Crippen LogP contribution in [0.5, 0.6) is 0 Å². The van der Waals surface area contributed by atoms with Gasteiger partial charge in [0, 0.05) is 36.4 Å². The Kier molecular flexibility index (Phi) is 10.3. The topological polar surface area (TPSA) is 109 Å². The molecule has 5 rings (SSSR count). The van der Waals surface area contributed by atoms with Gasteiger partial charge in [0.2, 0.25) is 5.91 Å². The molecule has 0 fully saturated rings. The van der Waals surface area contributed by atoms with Crippen LogP contribution in [0.15, 0.2) is 97.3 Å². The molecule has 3 heterocycles. The number of benzene rings is 2. The Hall–Kier alpha value is -5.16. The van der Waals surface area contributed by atoms with Gasteiger partial charge in [0.05, 0.1) is 28.0 Å². The van der Waals surface area contributed by atoms with E-state index in [2.05, 4.69) is 37.8 Å². The number of pyridine rings is 3. The summed E-state index contributed by atoms with van der Waals surface area (Å²) >= 11 is 0. The number of alkyl halides is 3. The number of unbranched alkanes of at least 4 members (excludes halogenated alkanes) is 2. The van der Waals surface area contributed by atoms with Gasteiger partial charge < -0.3 is 10.6 Å². The van der Waals surface area contributed by atoms with Gasteiger partial charge in [-0.1, -0.05) is 44.0 Å². The van der Waals surface area contributed by atoms with Crippen LogP contribution >= 0.6 is 0 Å². The second kappa shape index (κ2) is 14.7. The average molecular weight is 627 g/mol. The van der Waals surface area contributed by atoms with E-state index < -0.39 is 23.7 Å². The molecule has 0 unspecified atom stereocenters. The average Bonchev–Trinajstić information content (AvgIpc) is 3.07. The highest BCUT2D eigenvalue weighted by atomic mass is 19.4. The van der Waals surface area contributed by atoms with Crippen molar-refractivity contribution in [1.82, 2.24) is 25.6 Å². The minimum Gasteiger partial charge on any atom is -0.354 e. The number of aromatic nitrogens is 3. The minimum absolute atomic E-state index is 0.132. The lowest BCUT2D eigenvalue weighted by Crippen LogP contribution is -2.38. The van der Waals surface area contributed by atoms with E-state index in [0.717, 1.165) is 42.3 Å². The molecule has 1 atom stereocenters. The van der Waals surface area contributed by atoms with Crippen molar-refractivity contribution in [2.24, 2.45) is 0 Å². The summed E-state index contributed by atoms with van der Waals surface area (Å²) in [6, 6.07) is 21.7. The van der Waals surface area contributed by atoms with E-state index in [-0.39, 0.29) is 17.2 Å². The summed E-state index contributed by atoms with van der Waals surface area (Å²) in [6.45, 7) is 3.13. The van der Waals surface area contributed by atoms with Crippen LogP contribution in [0.25, 0.3) is 22.2 Å². The van der Waals surface area contributed by atoms with Crippen LogP contribution in [-0.4, -0.2) is 33.3 Å². The molecule has 46 heavy (non-hydrogen) atoms. The van der Waals surface area contributed by atoms with Crippen molar-refractivity contribution in [1.29, 1.82) is 0 Å². The summed E-state index contributed by atoms with van der Waals surface area (Å²) in [7, 11) is 0. The molecule has 0 aliphatic rings. The van der Waals surface area contributed by atoms with Gasteiger partial charge in [0.1, 0.15) is 11.9 Å². The second-order valence-electron chi connectivity index (χ2n) is 10.7. The Labute approximate surface area is 264 Å². The molecule has 2 amide bonds. The van der Waals surface area contributed by atoms with Crippen molar-refractivity contribution in [3.8, 4) is 11.3 Å². The standard InChI is InChI=1S/C35H33F3N6O2/c1-2-3-5-19-41-34(46)32(29-9-4-6-18-39-29)42-22-23-10-16-28-25(21-23)13-17-30(43-28)44-33(45)27-8-7-20-40-31(27)24-11-14-26(15-12-24)35(36,37)38/h4,6-18,20-21,32,42H,2-3,5,19,22H2,1H3,(H,41,46)(H,43,44,45)/t32-/m0/s1. The van der Waals surface area contributed by atoms with Crippen LogP contribution in [0.4, 0.5) is 19.0 Å². The zero-order valence-electron chi connectivity index (χ0n) is 25.1. The van der Waals surface area contributed by atoms with Gasteiger partial charge in [0.15, 0.2) is 0 Å². The van der Waals surface area contributed by atoms with Crippen LogP contribution in [0.1, 0.15) is 59.4 Å². The lowest BCUT2D eigenvalue weighted by molar-refractivity contribution is -0.137. The number of rotatable bonds is 12. The molecule has 2 aromatic carbocycles. The maximum Gasteiger partial charge on any atom is 0.416 e. The highest BCUT2D eigenvalue weighted by Crippen LogP contribution is 2.31. The van der Waals surface area contributed by atoms with Crippen molar-refractivity contribution in [3.63, 3.8) is 0 Å². The van der Waals surface area contributed by atoms with Crippen molar-refractivity contribution >= 4 is 28.5 Å². The third-order valence-electron chi connectivity index (χ3n) is 7.37. The highest BCUT2D eigenvalue weighted by molar-refractivity contribution is 6.08. The Balaban J connectivity index is 1.27. The highest BCUT2D eigenvalue weighted by Gasteiger charge is 2.30. The number of carbonyl (C=O) groups excluding carboxylic acids is 2. The molecule has 11 heteroatoms. The quantitative estimate of drug-likeness (QED) is 0.128. The van der Waals surface area contributed by atoms with Gasteiger partial charge in [-0.15, -0.1) is 0 Å². The number of hydrogen-bond acceptors (Lipinski definition) is 6. The van der Waals surface area contributed by atoms with Crippen molar-refractivity contribution in [2.75, 3.05) is 11.9 Å². The lowest BCUT2D eigenvalue weighted by Gasteiger charge is -2.18. The van der Waals surface area contributed by atoms with E-state index in [9.17, 15) is 22.8 Å². The van der Waals surface area contributed by atoms with Gasteiger partial charge in [-0.2, -0.15) is 13.2 Å². The number of amides is 2. The molecule has 0 bridgehead atoms. The fraction of sp³-hybridized carbons (Fsp3) is 0.229. The molecule has 8 nitrogen and oxygen atoms in total. The van der Waals surface area contributed by atoms with E-state index in [4.69, 9.17) is 0 Å². The van der Waals surface area contributed by atoms with Gasteiger partial charge >= 0.3 is 6.18 Å². The van der Waals surface area contributed by atoms with Crippen molar-refractivity contribution < 1.29 is 22.8 Å². The molecule has 0 spiro atoms. The first-order chi connectivity index (χ1) is 22.2. The molecule has 0 aliphatic heterocycles. The molecular formula is C35H33F3N6O2. The number of nitrogens with one attached hydrogen (secondary N) is 3. The van der Waals surface area contributed by atoms with E-state index in [1.54, 1.807) is 24.4 Å². The summed E-state index contributed by atoms with van der Waals surface area (Å²) < 4.78 is 39.1. The number of anilines is 1. The molecule has 0 saturated carbocycles. The summed E-state index contributed by atoms with van der Waals surface area (Å²) in [5.41, 5.74) is 2.26. The van der Waals surface area contributed by atoms with Gasteiger partial charge in [-0.3, -0.25) is 24.9 Å². The number of halogens is 3. The molecule has 0 radical (unpaired) electrons. The second-order valence-corrected chi connectivity index (χ2v) is 10.7. The van der Waals surface area contributed by atoms with Gasteiger partial charge in [-0.25, -0.2) is 4.98 Å². The third-order valence-corrected chi connectivity index (χ3v) is 7.37. The summed E-state index contributed by atoms with van der Waals surface area (Å²) in [5, 5.41) is 9.94. The first-order valence-electron chi connectivity index (χ1n) is 15.0. The first kappa shape index (κ1) is 32.2. The number of hydrogen-bond donors (Lipinski definition) is 3. The third kappa shape index (κ3) is 8.10. The molecule has 236 valence electrons. The van der Waals surface area contributed by atoms with Gasteiger partial charge in [-0.05, 0) is 72.6 Å². The van der Waals surface area contributed by atoms with Crippen LogP contribution in [0.2, 0.25) is 0 Å². The normalized spacial score (nSPS) is 12.1.